The minimum absolute atomic E-state index is 0.183. The summed E-state index contributed by atoms with van der Waals surface area (Å²) < 4.78 is 0.611. The summed E-state index contributed by atoms with van der Waals surface area (Å²) in [4.78, 5) is 11.1. The zero-order valence-corrected chi connectivity index (χ0v) is 9.21. The third kappa shape index (κ3) is 3.08. The Morgan fingerprint density at radius 2 is 2.20 bits per heavy atom. The third-order valence-electron chi connectivity index (χ3n) is 1.61. The monoisotopic (exact) mass is 263 g/mol. The molecule has 1 rings (SSSR count). The lowest BCUT2D eigenvalue weighted by molar-refractivity contribution is -0.115. The number of hydrogen-bond acceptors (Lipinski definition) is 3. The molecule has 0 atom stereocenters. The Balaban J connectivity index is 2.82. The number of benzene rings is 1. The van der Waals surface area contributed by atoms with Gasteiger partial charge in [-0.1, -0.05) is 0 Å². The maximum atomic E-state index is 11.1. The lowest BCUT2D eigenvalue weighted by Gasteiger charge is -2.03. The average Bonchev–Trinajstić information content (AvgIpc) is 2.18. The summed E-state index contributed by atoms with van der Waals surface area (Å²) in [6, 6.07) is 8.56. The molecule has 74 valence electrons. The summed E-state index contributed by atoms with van der Waals surface area (Å²) in [6.45, 7) is 0. The molecule has 0 unspecified atom stereocenters. The molecule has 4 nitrogen and oxygen atoms in total. The van der Waals surface area contributed by atoms with Crippen LogP contribution in [-0.2, 0) is 4.79 Å². The molecular weight excluding hydrogens is 258 g/mol. The van der Waals surface area contributed by atoms with Crippen molar-refractivity contribution in [1.82, 2.24) is 0 Å². The van der Waals surface area contributed by atoms with E-state index in [-0.39, 0.29) is 12.3 Å². The van der Waals surface area contributed by atoms with Crippen molar-refractivity contribution in [2.75, 3.05) is 5.32 Å². The number of nitrogens with zero attached hydrogens (tertiary/aromatic N) is 2. The molecule has 1 amide bonds. The number of halogens is 1. The lowest BCUT2D eigenvalue weighted by Crippen LogP contribution is -2.09. The van der Waals surface area contributed by atoms with Crippen LogP contribution < -0.4 is 5.32 Å². The molecule has 0 heterocycles. The summed E-state index contributed by atoms with van der Waals surface area (Å²) >= 11 is 3.20. The molecule has 0 fully saturated rings. The molecule has 1 aromatic carbocycles. The smallest absolute Gasteiger partial charge is 0.238 e. The molecule has 0 aromatic heterocycles. The Bertz CT molecular complexity index is 471. The van der Waals surface area contributed by atoms with Gasteiger partial charge in [-0.15, -0.1) is 0 Å². The number of nitriles is 2. The van der Waals surface area contributed by atoms with E-state index in [4.69, 9.17) is 10.5 Å². The van der Waals surface area contributed by atoms with Gasteiger partial charge in [0.15, 0.2) is 0 Å². The highest BCUT2D eigenvalue weighted by molar-refractivity contribution is 9.10. The number of amides is 1. The van der Waals surface area contributed by atoms with Crippen molar-refractivity contribution < 1.29 is 4.79 Å². The first-order chi connectivity index (χ1) is 7.17. The van der Waals surface area contributed by atoms with Crippen LogP contribution in [0.25, 0.3) is 0 Å². The fraction of sp³-hybridized carbons (Fsp3) is 0.100. The first kappa shape index (κ1) is 11.2. The summed E-state index contributed by atoms with van der Waals surface area (Å²) in [5, 5.41) is 19.5. The SMILES string of the molecule is N#CCC(=O)Nc1ccc(C#N)c(Br)c1. The van der Waals surface area contributed by atoms with Gasteiger partial charge in [0.1, 0.15) is 12.5 Å². The van der Waals surface area contributed by atoms with E-state index >= 15 is 0 Å². The van der Waals surface area contributed by atoms with Gasteiger partial charge in [0, 0.05) is 10.2 Å². The van der Waals surface area contributed by atoms with Crippen molar-refractivity contribution in [2.45, 2.75) is 6.42 Å². The van der Waals surface area contributed by atoms with Crippen molar-refractivity contribution >= 4 is 27.5 Å². The van der Waals surface area contributed by atoms with Crippen molar-refractivity contribution in [1.29, 1.82) is 10.5 Å². The molecule has 0 aliphatic heterocycles. The number of carbonyl (C=O) groups excluding carboxylic acids is 1. The van der Waals surface area contributed by atoms with Crippen LogP contribution in [0.3, 0.4) is 0 Å². The number of hydrogen-bond donors (Lipinski definition) is 1. The highest BCUT2D eigenvalue weighted by Gasteiger charge is 2.03. The molecule has 0 aliphatic rings. The Morgan fingerprint density at radius 1 is 1.47 bits per heavy atom. The van der Waals surface area contributed by atoms with E-state index in [0.717, 1.165) is 0 Å². The summed E-state index contributed by atoms with van der Waals surface area (Å²) in [7, 11) is 0. The van der Waals surface area contributed by atoms with Crippen LogP contribution in [0.15, 0.2) is 22.7 Å². The average molecular weight is 264 g/mol. The zero-order valence-electron chi connectivity index (χ0n) is 7.62. The van der Waals surface area contributed by atoms with Crippen molar-refractivity contribution in [2.24, 2.45) is 0 Å². The molecule has 0 radical (unpaired) electrons. The molecular formula is C10H6BrN3O. The second kappa shape index (κ2) is 5.14. The number of carbonyl (C=O) groups is 1. The van der Waals surface area contributed by atoms with E-state index in [1.54, 1.807) is 24.3 Å². The molecule has 0 saturated carbocycles. The zero-order chi connectivity index (χ0) is 11.3. The van der Waals surface area contributed by atoms with Gasteiger partial charge in [-0.2, -0.15) is 10.5 Å². The highest BCUT2D eigenvalue weighted by atomic mass is 79.9. The third-order valence-corrected chi connectivity index (χ3v) is 2.27. The molecule has 1 aromatic rings. The molecule has 15 heavy (non-hydrogen) atoms. The van der Waals surface area contributed by atoms with E-state index in [1.165, 1.54) is 0 Å². The first-order valence-electron chi connectivity index (χ1n) is 4.04. The number of nitrogens with one attached hydrogen (secondary N) is 1. The van der Waals surface area contributed by atoms with E-state index in [9.17, 15) is 4.79 Å². The van der Waals surface area contributed by atoms with E-state index in [2.05, 4.69) is 21.2 Å². The predicted octanol–water partition coefficient (Wildman–Crippen LogP) is 2.17. The molecule has 0 aliphatic carbocycles. The van der Waals surface area contributed by atoms with Crippen LogP contribution >= 0.6 is 15.9 Å². The Kier molecular flexibility index (Phi) is 3.84. The molecule has 5 heteroatoms. The van der Waals surface area contributed by atoms with Gasteiger partial charge < -0.3 is 5.32 Å². The maximum absolute atomic E-state index is 11.1. The Labute approximate surface area is 95.3 Å². The normalized spacial score (nSPS) is 8.73. The van der Waals surface area contributed by atoms with E-state index < -0.39 is 0 Å². The van der Waals surface area contributed by atoms with Crippen LogP contribution in [0.2, 0.25) is 0 Å². The van der Waals surface area contributed by atoms with Crippen LogP contribution in [0.1, 0.15) is 12.0 Å². The summed E-state index contributed by atoms with van der Waals surface area (Å²) in [6.07, 6.45) is -0.183. The number of anilines is 1. The van der Waals surface area contributed by atoms with E-state index in [1.807, 2.05) is 6.07 Å². The van der Waals surface area contributed by atoms with Crippen LogP contribution in [0.4, 0.5) is 5.69 Å². The Morgan fingerprint density at radius 3 is 2.73 bits per heavy atom. The van der Waals surface area contributed by atoms with E-state index in [0.29, 0.717) is 15.7 Å². The quantitative estimate of drug-likeness (QED) is 0.889. The molecule has 1 N–H and O–H groups in total. The van der Waals surface area contributed by atoms with Gasteiger partial charge in [-0.3, -0.25) is 4.79 Å². The molecule has 0 spiro atoms. The summed E-state index contributed by atoms with van der Waals surface area (Å²) in [5.41, 5.74) is 1.05. The number of rotatable bonds is 2. The molecule has 0 bridgehead atoms. The fourth-order valence-corrected chi connectivity index (χ4v) is 1.43. The van der Waals surface area contributed by atoms with Crippen molar-refractivity contribution in [3.63, 3.8) is 0 Å². The minimum Gasteiger partial charge on any atom is -0.325 e. The predicted molar refractivity (Wildman–Crippen MR) is 57.7 cm³/mol. The highest BCUT2D eigenvalue weighted by Crippen LogP contribution is 2.20. The Hall–Kier alpha value is -1.85. The molecule has 0 saturated heterocycles. The minimum atomic E-state index is -0.367. The first-order valence-corrected chi connectivity index (χ1v) is 4.83. The fourth-order valence-electron chi connectivity index (χ4n) is 0.961. The second-order valence-electron chi connectivity index (χ2n) is 2.69. The largest absolute Gasteiger partial charge is 0.325 e. The van der Waals surface area contributed by atoms with Crippen LogP contribution in [-0.4, -0.2) is 5.91 Å². The summed E-state index contributed by atoms with van der Waals surface area (Å²) in [5.74, 6) is -0.367. The topological polar surface area (TPSA) is 76.7 Å². The van der Waals surface area contributed by atoms with Crippen LogP contribution in [0.5, 0.6) is 0 Å². The standard InChI is InChI=1S/C10H6BrN3O/c11-9-5-8(2-1-7(9)6-13)14-10(15)3-4-12/h1-2,5H,3H2,(H,14,15). The van der Waals surface area contributed by atoms with Crippen LogP contribution in [0, 0.1) is 22.7 Å². The van der Waals surface area contributed by atoms with Crippen molar-refractivity contribution in [3.05, 3.63) is 28.2 Å². The second-order valence-corrected chi connectivity index (χ2v) is 3.54. The van der Waals surface area contributed by atoms with Crippen molar-refractivity contribution in [3.8, 4) is 12.1 Å². The van der Waals surface area contributed by atoms with Gasteiger partial charge in [0.2, 0.25) is 5.91 Å². The lowest BCUT2D eigenvalue weighted by atomic mass is 10.2. The van der Waals surface area contributed by atoms with Gasteiger partial charge >= 0.3 is 0 Å². The van der Waals surface area contributed by atoms with Gasteiger partial charge in [0.05, 0.1) is 11.6 Å². The van der Waals surface area contributed by atoms with Gasteiger partial charge in [-0.25, -0.2) is 0 Å². The van der Waals surface area contributed by atoms with Gasteiger partial charge in [0.25, 0.3) is 0 Å². The van der Waals surface area contributed by atoms with Gasteiger partial charge in [-0.05, 0) is 34.1 Å². The maximum Gasteiger partial charge on any atom is 0.238 e.